The van der Waals surface area contributed by atoms with E-state index >= 15 is 0 Å². The number of nitrogens with two attached hydrogens (primary N) is 1. The summed E-state index contributed by atoms with van der Waals surface area (Å²) in [5.41, 5.74) is 6.78. The van der Waals surface area contributed by atoms with Crippen LogP contribution in [-0.2, 0) is 4.79 Å². The van der Waals surface area contributed by atoms with E-state index in [-0.39, 0.29) is 11.8 Å². The van der Waals surface area contributed by atoms with Crippen molar-refractivity contribution in [3.63, 3.8) is 0 Å². The van der Waals surface area contributed by atoms with Crippen LogP contribution < -0.4 is 11.1 Å². The third kappa shape index (κ3) is 4.03. The quantitative estimate of drug-likeness (QED) is 0.842. The molecule has 1 aliphatic heterocycles. The maximum Gasteiger partial charge on any atom is 0.253 e. The molecule has 1 fully saturated rings. The number of anilines is 1. The standard InChI is InChI=1S/C15H22N4O2/c1-11(16)14(20)17-13-5-3-12(4-6-13)15(21)19-9-7-18(2)8-10-19/h3-6,11H,7-10,16H2,1-2H3,(H,17,20). The number of amides is 2. The van der Waals surface area contributed by atoms with Crippen LogP contribution in [-0.4, -0.2) is 60.9 Å². The second-order valence-electron chi connectivity index (χ2n) is 5.45. The molecule has 0 radical (unpaired) electrons. The third-order valence-corrected chi connectivity index (χ3v) is 3.60. The Morgan fingerprint density at radius 2 is 1.71 bits per heavy atom. The lowest BCUT2D eigenvalue weighted by molar-refractivity contribution is -0.117. The van der Waals surface area contributed by atoms with Crippen LogP contribution in [0.1, 0.15) is 17.3 Å². The molecule has 1 saturated heterocycles. The van der Waals surface area contributed by atoms with E-state index in [2.05, 4.69) is 17.3 Å². The molecular weight excluding hydrogens is 268 g/mol. The van der Waals surface area contributed by atoms with E-state index in [4.69, 9.17) is 5.73 Å². The molecule has 0 bridgehead atoms. The van der Waals surface area contributed by atoms with Gasteiger partial charge in [-0.15, -0.1) is 0 Å². The summed E-state index contributed by atoms with van der Waals surface area (Å²) in [5, 5.41) is 2.70. The van der Waals surface area contributed by atoms with Crippen molar-refractivity contribution in [1.29, 1.82) is 0 Å². The minimum Gasteiger partial charge on any atom is -0.336 e. The number of carbonyl (C=O) groups is 2. The highest BCUT2D eigenvalue weighted by atomic mass is 16.2. The van der Waals surface area contributed by atoms with Crippen LogP contribution in [0, 0.1) is 0 Å². The first kappa shape index (κ1) is 15.5. The van der Waals surface area contributed by atoms with Crippen molar-refractivity contribution >= 4 is 17.5 Å². The van der Waals surface area contributed by atoms with Crippen LogP contribution in [0.25, 0.3) is 0 Å². The summed E-state index contributed by atoms with van der Waals surface area (Å²) >= 11 is 0. The molecule has 6 heteroatoms. The van der Waals surface area contributed by atoms with Gasteiger partial charge in [0.25, 0.3) is 5.91 Å². The van der Waals surface area contributed by atoms with Gasteiger partial charge >= 0.3 is 0 Å². The number of likely N-dealkylation sites (N-methyl/N-ethyl adjacent to an activating group) is 1. The van der Waals surface area contributed by atoms with Crippen LogP contribution in [0.4, 0.5) is 5.69 Å². The van der Waals surface area contributed by atoms with E-state index in [0.29, 0.717) is 11.3 Å². The number of carbonyl (C=O) groups excluding carboxylic acids is 2. The fourth-order valence-corrected chi connectivity index (χ4v) is 2.14. The topological polar surface area (TPSA) is 78.7 Å². The highest BCUT2D eigenvalue weighted by Crippen LogP contribution is 2.13. The Labute approximate surface area is 124 Å². The Bertz CT molecular complexity index is 505. The van der Waals surface area contributed by atoms with Gasteiger partial charge in [0.05, 0.1) is 6.04 Å². The highest BCUT2D eigenvalue weighted by molar-refractivity contribution is 5.97. The average molecular weight is 290 g/mol. The largest absolute Gasteiger partial charge is 0.336 e. The molecule has 0 saturated carbocycles. The number of nitrogens with one attached hydrogen (secondary N) is 1. The molecule has 114 valence electrons. The van der Waals surface area contributed by atoms with Gasteiger partial charge in [-0.05, 0) is 38.2 Å². The first-order valence-electron chi connectivity index (χ1n) is 7.11. The van der Waals surface area contributed by atoms with Crippen molar-refractivity contribution in [3.05, 3.63) is 29.8 Å². The van der Waals surface area contributed by atoms with Gasteiger partial charge < -0.3 is 20.9 Å². The average Bonchev–Trinajstić information content (AvgIpc) is 2.48. The summed E-state index contributed by atoms with van der Waals surface area (Å²) in [5.74, 6) is -0.207. The first-order chi connectivity index (χ1) is 9.97. The molecule has 0 aromatic heterocycles. The lowest BCUT2D eigenvalue weighted by Gasteiger charge is -2.32. The van der Waals surface area contributed by atoms with Crippen molar-refractivity contribution in [2.24, 2.45) is 5.73 Å². The molecule has 1 aromatic rings. The number of hydrogen-bond acceptors (Lipinski definition) is 4. The van der Waals surface area contributed by atoms with E-state index in [9.17, 15) is 9.59 Å². The summed E-state index contributed by atoms with van der Waals surface area (Å²) in [6.07, 6.45) is 0. The first-order valence-corrected chi connectivity index (χ1v) is 7.11. The highest BCUT2D eigenvalue weighted by Gasteiger charge is 2.20. The normalized spacial score (nSPS) is 17.4. The van der Waals surface area contributed by atoms with Gasteiger partial charge in [-0.25, -0.2) is 0 Å². The van der Waals surface area contributed by atoms with E-state index in [1.807, 2.05) is 4.90 Å². The lowest BCUT2D eigenvalue weighted by Crippen LogP contribution is -2.47. The Kier molecular flexibility index (Phi) is 4.93. The summed E-state index contributed by atoms with van der Waals surface area (Å²) in [6.45, 7) is 4.92. The zero-order valence-electron chi connectivity index (χ0n) is 12.5. The van der Waals surface area contributed by atoms with Crippen LogP contribution >= 0.6 is 0 Å². The predicted octanol–water partition coefficient (Wildman–Crippen LogP) is 0.360. The predicted molar refractivity (Wildman–Crippen MR) is 82.1 cm³/mol. The maximum atomic E-state index is 12.3. The fourth-order valence-electron chi connectivity index (χ4n) is 2.14. The van der Waals surface area contributed by atoms with Crippen LogP contribution in [0.2, 0.25) is 0 Å². The Morgan fingerprint density at radius 1 is 1.14 bits per heavy atom. The van der Waals surface area contributed by atoms with Gasteiger partial charge in [0.15, 0.2) is 0 Å². The van der Waals surface area contributed by atoms with Gasteiger partial charge in [-0.3, -0.25) is 9.59 Å². The van der Waals surface area contributed by atoms with Crippen molar-refractivity contribution in [1.82, 2.24) is 9.80 Å². The number of benzene rings is 1. The van der Waals surface area contributed by atoms with Gasteiger partial charge in [-0.2, -0.15) is 0 Å². The summed E-state index contributed by atoms with van der Waals surface area (Å²) in [6, 6.07) is 6.36. The molecule has 1 atom stereocenters. The molecule has 2 amide bonds. The fraction of sp³-hybridized carbons (Fsp3) is 0.467. The summed E-state index contributed by atoms with van der Waals surface area (Å²) in [7, 11) is 2.05. The second kappa shape index (κ2) is 6.69. The third-order valence-electron chi connectivity index (χ3n) is 3.60. The summed E-state index contributed by atoms with van der Waals surface area (Å²) < 4.78 is 0. The minimum atomic E-state index is -0.559. The molecule has 21 heavy (non-hydrogen) atoms. The minimum absolute atomic E-state index is 0.0353. The van der Waals surface area contributed by atoms with E-state index in [1.165, 1.54) is 0 Å². The second-order valence-corrected chi connectivity index (χ2v) is 5.45. The van der Waals surface area contributed by atoms with Crippen LogP contribution in [0.3, 0.4) is 0 Å². The molecular formula is C15H22N4O2. The molecule has 0 spiro atoms. The zero-order chi connectivity index (χ0) is 15.4. The van der Waals surface area contributed by atoms with Crippen LogP contribution in [0.5, 0.6) is 0 Å². The Balaban J connectivity index is 1.98. The van der Waals surface area contributed by atoms with Gasteiger partial charge in [-0.1, -0.05) is 0 Å². The Hall–Kier alpha value is -1.92. The number of nitrogens with zero attached hydrogens (tertiary/aromatic N) is 2. The molecule has 3 N–H and O–H groups in total. The lowest BCUT2D eigenvalue weighted by atomic mass is 10.1. The van der Waals surface area contributed by atoms with Crippen molar-refractivity contribution in [2.45, 2.75) is 13.0 Å². The number of hydrogen-bond donors (Lipinski definition) is 2. The monoisotopic (exact) mass is 290 g/mol. The van der Waals surface area contributed by atoms with E-state index < -0.39 is 6.04 Å². The molecule has 0 aliphatic carbocycles. The van der Waals surface area contributed by atoms with E-state index in [1.54, 1.807) is 31.2 Å². The van der Waals surface area contributed by atoms with Crippen molar-refractivity contribution in [3.8, 4) is 0 Å². The molecule has 6 nitrogen and oxygen atoms in total. The van der Waals surface area contributed by atoms with Crippen molar-refractivity contribution < 1.29 is 9.59 Å². The summed E-state index contributed by atoms with van der Waals surface area (Å²) in [4.78, 5) is 27.9. The Morgan fingerprint density at radius 3 is 2.24 bits per heavy atom. The van der Waals surface area contributed by atoms with Gasteiger partial charge in [0.1, 0.15) is 0 Å². The maximum absolute atomic E-state index is 12.3. The SMILES string of the molecule is CC(N)C(=O)Nc1ccc(C(=O)N2CCN(C)CC2)cc1. The molecule has 1 unspecified atom stereocenters. The zero-order valence-corrected chi connectivity index (χ0v) is 12.5. The molecule has 1 heterocycles. The molecule has 1 aliphatic rings. The van der Waals surface area contributed by atoms with E-state index in [0.717, 1.165) is 26.2 Å². The number of piperazine rings is 1. The van der Waals surface area contributed by atoms with Gasteiger partial charge in [0.2, 0.25) is 5.91 Å². The van der Waals surface area contributed by atoms with Gasteiger partial charge in [0, 0.05) is 37.4 Å². The molecule has 1 aromatic carbocycles. The molecule has 2 rings (SSSR count). The smallest absolute Gasteiger partial charge is 0.253 e. The van der Waals surface area contributed by atoms with Crippen molar-refractivity contribution in [2.75, 3.05) is 38.5 Å². The number of rotatable bonds is 3. The van der Waals surface area contributed by atoms with Crippen LogP contribution in [0.15, 0.2) is 24.3 Å².